The molecule has 0 saturated carbocycles. The van der Waals surface area contributed by atoms with Crippen LogP contribution in [-0.2, 0) is 6.54 Å². The van der Waals surface area contributed by atoms with E-state index >= 15 is 0 Å². The predicted octanol–water partition coefficient (Wildman–Crippen LogP) is 1.50. The van der Waals surface area contributed by atoms with Crippen molar-refractivity contribution < 1.29 is 9.66 Å². The predicted molar refractivity (Wildman–Crippen MR) is 67.9 cm³/mol. The first-order chi connectivity index (χ1) is 8.51. The van der Waals surface area contributed by atoms with Crippen LogP contribution in [0, 0.1) is 17.0 Å². The van der Waals surface area contributed by atoms with Crippen molar-refractivity contribution in [2.45, 2.75) is 39.8 Å². The molecular weight excluding hydrogens is 236 g/mol. The maximum Gasteiger partial charge on any atom is 0.353 e. The Hall–Kier alpha value is -1.63. The summed E-state index contributed by atoms with van der Waals surface area (Å²) in [5.41, 5.74) is 0.353. The van der Waals surface area contributed by atoms with Gasteiger partial charge < -0.3 is 10.1 Å². The lowest BCUT2D eigenvalue weighted by Gasteiger charge is -2.14. The average molecular weight is 256 g/mol. The first kappa shape index (κ1) is 14.4. The molecule has 1 aromatic rings. The number of nitrogens with one attached hydrogen (secondary N) is 1. The van der Waals surface area contributed by atoms with Gasteiger partial charge in [-0.25, -0.2) is 4.68 Å². The van der Waals surface area contributed by atoms with Crippen molar-refractivity contribution >= 4 is 5.69 Å². The molecule has 0 radical (unpaired) electrons. The van der Waals surface area contributed by atoms with Crippen molar-refractivity contribution in [2.75, 3.05) is 13.6 Å². The summed E-state index contributed by atoms with van der Waals surface area (Å²) in [6.07, 6.45) is 0.690. The second-order valence-corrected chi connectivity index (χ2v) is 4.21. The molecular formula is C11H20N4O3. The molecule has 7 nitrogen and oxygen atoms in total. The zero-order valence-electron chi connectivity index (χ0n) is 11.3. The lowest BCUT2D eigenvalue weighted by atomic mass is 10.3. The molecule has 0 amide bonds. The highest BCUT2D eigenvalue weighted by Crippen LogP contribution is 2.31. The van der Waals surface area contributed by atoms with Gasteiger partial charge in [0.2, 0.25) is 0 Å². The summed E-state index contributed by atoms with van der Waals surface area (Å²) in [5.74, 6) is 0.252. The van der Waals surface area contributed by atoms with E-state index < -0.39 is 4.92 Å². The number of nitro groups is 1. The van der Waals surface area contributed by atoms with Gasteiger partial charge in [-0.1, -0.05) is 6.92 Å². The highest BCUT2D eigenvalue weighted by molar-refractivity contribution is 5.45. The molecule has 0 aliphatic carbocycles. The zero-order chi connectivity index (χ0) is 13.7. The summed E-state index contributed by atoms with van der Waals surface area (Å²) < 4.78 is 7.22. The van der Waals surface area contributed by atoms with Gasteiger partial charge in [-0.3, -0.25) is 10.1 Å². The first-order valence-corrected chi connectivity index (χ1v) is 6.04. The SMILES string of the molecule is CCCn1nc(C)c([N+](=O)[O-])c1OC(C)CNC. The summed E-state index contributed by atoms with van der Waals surface area (Å²) in [5, 5.41) is 18.2. The maximum absolute atomic E-state index is 11.1. The first-order valence-electron chi connectivity index (χ1n) is 6.04. The Morgan fingerprint density at radius 1 is 1.61 bits per heavy atom. The Bertz CT molecular complexity index is 417. The van der Waals surface area contributed by atoms with E-state index in [-0.39, 0.29) is 17.7 Å². The van der Waals surface area contributed by atoms with Crippen LogP contribution in [0.1, 0.15) is 26.0 Å². The van der Waals surface area contributed by atoms with Crippen molar-refractivity contribution in [1.29, 1.82) is 0 Å². The molecule has 1 rings (SSSR count). The Balaban J connectivity index is 3.07. The number of hydrogen-bond donors (Lipinski definition) is 1. The Morgan fingerprint density at radius 3 is 2.78 bits per heavy atom. The van der Waals surface area contributed by atoms with Gasteiger partial charge in [0.25, 0.3) is 5.88 Å². The normalized spacial score (nSPS) is 12.4. The fourth-order valence-corrected chi connectivity index (χ4v) is 1.76. The highest BCUT2D eigenvalue weighted by Gasteiger charge is 2.27. The average Bonchev–Trinajstić information content (AvgIpc) is 2.56. The Kier molecular flexibility index (Phi) is 5.08. The van der Waals surface area contributed by atoms with E-state index in [0.717, 1.165) is 6.42 Å². The second kappa shape index (κ2) is 6.34. The van der Waals surface area contributed by atoms with E-state index in [1.54, 1.807) is 11.6 Å². The lowest BCUT2D eigenvalue weighted by Crippen LogP contribution is -2.27. The van der Waals surface area contributed by atoms with E-state index in [2.05, 4.69) is 10.4 Å². The molecule has 102 valence electrons. The van der Waals surface area contributed by atoms with Gasteiger partial charge in [0, 0.05) is 13.1 Å². The third-order valence-corrected chi connectivity index (χ3v) is 2.47. The smallest absolute Gasteiger partial charge is 0.353 e. The summed E-state index contributed by atoms with van der Waals surface area (Å²) in [6.45, 7) is 6.70. The van der Waals surface area contributed by atoms with Crippen LogP contribution in [0.25, 0.3) is 0 Å². The Labute approximate surface area is 106 Å². The third kappa shape index (κ3) is 3.19. The summed E-state index contributed by atoms with van der Waals surface area (Å²) in [7, 11) is 1.81. The van der Waals surface area contributed by atoms with Crippen LogP contribution in [0.2, 0.25) is 0 Å². The monoisotopic (exact) mass is 256 g/mol. The number of nitrogens with zero attached hydrogens (tertiary/aromatic N) is 3. The number of rotatable bonds is 7. The molecule has 18 heavy (non-hydrogen) atoms. The van der Waals surface area contributed by atoms with Crippen LogP contribution >= 0.6 is 0 Å². The third-order valence-electron chi connectivity index (χ3n) is 2.47. The van der Waals surface area contributed by atoms with Crippen LogP contribution < -0.4 is 10.1 Å². The van der Waals surface area contributed by atoms with Crippen molar-refractivity contribution in [3.8, 4) is 5.88 Å². The van der Waals surface area contributed by atoms with Crippen LogP contribution in [0.3, 0.4) is 0 Å². The molecule has 0 aromatic carbocycles. The fourth-order valence-electron chi connectivity index (χ4n) is 1.76. The summed E-state index contributed by atoms with van der Waals surface area (Å²) in [6, 6.07) is 0. The van der Waals surface area contributed by atoms with Crippen molar-refractivity contribution in [3.05, 3.63) is 15.8 Å². The van der Waals surface area contributed by atoms with Gasteiger partial charge in [-0.05, 0) is 27.3 Å². The van der Waals surface area contributed by atoms with Crippen LogP contribution in [0.15, 0.2) is 0 Å². The van der Waals surface area contributed by atoms with E-state index in [0.29, 0.717) is 18.8 Å². The van der Waals surface area contributed by atoms with E-state index in [1.807, 2.05) is 20.9 Å². The topological polar surface area (TPSA) is 82.2 Å². The van der Waals surface area contributed by atoms with Crippen LogP contribution in [-0.4, -0.2) is 34.4 Å². The molecule has 0 spiro atoms. The molecule has 7 heteroatoms. The van der Waals surface area contributed by atoms with E-state index in [4.69, 9.17) is 4.74 Å². The van der Waals surface area contributed by atoms with Gasteiger partial charge in [-0.15, -0.1) is 0 Å². The molecule has 0 fully saturated rings. The number of hydrogen-bond acceptors (Lipinski definition) is 5. The molecule has 1 atom stereocenters. The summed E-state index contributed by atoms with van der Waals surface area (Å²) >= 11 is 0. The standard InChI is InChI=1S/C11H20N4O3/c1-5-6-14-11(18-8(2)7-12-4)10(15(16)17)9(3)13-14/h8,12H,5-7H2,1-4H3. The summed E-state index contributed by atoms with van der Waals surface area (Å²) in [4.78, 5) is 10.6. The molecule has 0 aliphatic rings. The highest BCUT2D eigenvalue weighted by atomic mass is 16.6. The fraction of sp³-hybridized carbons (Fsp3) is 0.727. The zero-order valence-corrected chi connectivity index (χ0v) is 11.3. The molecule has 1 heterocycles. The van der Waals surface area contributed by atoms with Crippen molar-refractivity contribution in [1.82, 2.24) is 15.1 Å². The van der Waals surface area contributed by atoms with E-state index in [1.165, 1.54) is 0 Å². The van der Waals surface area contributed by atoms with Crippen LogP contribution in [0.5, 0.6) is 5.88 Å². The minimum atomic E-state index is -0.435. The number of aryl methyl sites for hydroxylation is 2. The minimum Gasteiger partial charge on any atom is -0.469 e. The largest absolute Gasteiger partial charge is 0.469 e. The van der Waals surface area contributed by atoms with Crippen molar-refractivity contribution in [2.24, 2.45) is 0 Å². The molecule has 0 saturated heterocycles. The number of ether oxygens (including phenoxy) is 1. The van der Waals surface area contributed by atoms with Crippen molar-refractivity contribution in [3.63, 3.8) is 0 Å². The lowest BCUT2D eigenvalue weighted by molar-refractivity contribution is -0.386. The molecule has 0 aliphatic heterocycles. The van der Waals surface area contributed by atoms with Gasteiger partial charge in [0.1, 0.15) is 11.8 Å². The van der Waals surface area contributed by atoms with Gasteiger partial charge in [0.05, 0.1) is 4.92 Å². The number of aromatic nitrogens is 2. The Morgan fingerprint density at radius 2 is 2.28 bits per heavy atom. The molecule has 0 bridgehead atoms. The molecule has 1 aromatic heterocycles. The number of likely N-dealkylation sites (N-methyl/N-ethyl adjacent to an activating group) is 1. The second-order valence-electron chi connectivity index (χ2n) is 4.21. The molecule has 1 N–H and O–H groups in total. The van der Waals surface area contributed by atoms with Gasteiger partial charge >= 0.3 is 5.69 Å². The van der Waals surface area contributed by atoms with E-state index in [9.17, 15) is 10.1 Å². The van der Waals surface area contributed by atoms with Gasteiger partial charge in [0.15, 0.2) is 0 Å². The minimum absolute atomic E-state index is 0.0357. The maximum atomic E-state index is 11.1. The van der Waals surface area contributed by atoms with Crippen LogP contribution in [0.4, 0.5) is 5.69 Å². The van der Waals surface area contributed by atoms with Gasteiger partial charge in [-0.2, -0.15) is 5.10 Å². The molecule has 1 unspecified atom stereocenters. The quantitative estimate of drug-likeness (QED) is 0.590.